The summed E-state index contributed by atoms with van der Waals surface area (Å²) in [6, 6.07) is 9.59. The molecule has 0 fully saturated rings. The molecule has 0 radical (unpaired) electrons. The summed E-state index contributed by atoms with van der Waals surface area (Å²) in [6.45, 7) is 1.88. The maximum Gasteiger partial charge on any atom is 0.123 e. The van der Waals surface area contributed by atoms with Gasteiger partial charge in [0.25, 0.3) is 0 Å². The summed E-state index contributed by atoms with van der Waals surface area (Å²) >= 11 is 18.4. The molecule has 0 heterocycles. The minimum absolute atomic E-state index is 0.320. The van der Waals surface area contributed by atoms with Crippen molar-refractivity contribution in [2.45, 2.75) is 12.3 Å². The molecule has 2 aromatic rings. The largest absolute Gasteiger partial charge is 0.207 e. The number of benzene rings is 2. The van der Waals surface area contributed by atoms with E-state index in [1.165, 1.54) is 12.1 Å². The lowest BCUT2D eigenvalue weighted by atomic mass is 10.00. The molecule has 94 valence electrons. The van der Waals surface area contributed by atoms with Crippen molar-refractivity contribution in [3.8, 4) is 0 Å². The van der Waals surface area contributed by atoms with Crippen LogP contribution in [-0.4, -0.2) is 0 Å². The zero-order valence-corrected chi connectivity index (χ0v) is 11.8. The van der Waals surface area contributed by atoms with Crippen molar-refractivity contribution in [2.24, 2.45) is 0 Å². The summed E-state index contributed by atoms with van der Waals surface area (Å²) in [6.07, 6.45) is 0. The van der Waals surface area contributed by atoms with Crippen molar-refractivity contribution in [1.29, 1.82) is 0 Å². The van der Waals surface area contributed by atoms with E-state index < -0.39 is 5.38 Å². The fourth-order valence-corrected chi connectivity index (χ4v) is 2.64. The summed E-state index contributed by atoms with van der Waals surface area (Å²) in [7, 11) is 0. The first-order valence-corrected chi connectivity index (χ1v) is 6.53. The Bertz CT molecular complexity index is 530. The van der Waals surface area contributed by atoms with Crippen LogP contribution in [0.3, 0.4) is 0 Å². The molecule has 0 saturated carbocycles. The topological polar surface area (TPSA) is 0 Å². The van der Waals surface area contributed by atoms with E-state index in [2.05, 4.69) is 0 Å². The molecule has 18 heavy (non-hydrogen) atoms. The summed E-state index contributed by atoms with van der Waals surface area (Å²) in [4.78, 5) is 0. The Morgan fingerprint density at radius 3 is 2.44 bits per heavy atom. The van der Waals surface area contributed by atoms with Crippen molar-refractivity contribution in [1.82, 2.24) is 0 Å². The van der Waals surface area contributed by atoms with Gasteiger partial charge in [-0.3, -0.25) is 0 Å². The molecule has 0 aliphatic heterocycles. The smallest absolute Gasteiger partial charge is 0.123 e. The molecule has 1 atom stereocenters. The first kappa shape index (κ1) is 13.7. The second-order valence-corrected chi connectivity index (χ2v) is 5.31. The van der Waals surface area contributed by atoms with Crippen molar-refractivity contribution in [2.75, 3.05) is 0 Å². The van der Waals surface area contributed by atoms with Crippen LogP contribution in [0.1, 0.15) is 22.1 Å². The normalized spacial score (nSPS) is 12.5. The van der Waals surface area contributed by atoms with E-state index in [1.54, 1.807) is 24.3 Å². The third-order valence-corrected chi connectivity index (χ3v) is 3.79. The summed E-state index contributed by atoms with van der Waals surface area (Å²) in [5.41, 5.74) is 2.29. The number of rotatable bonds is 2. The van der Waals surface area contributed by atoms with E-state index in [1.807, 2.05) is 6.92 Å². The Balaban J connectivity index is 2.50. The van der Waals surface area contributed by atoms with Crippen LogP contribution >= 0.6 is 34.8 Å². The average molecular weight is 304 g/mol. The van der Waals surface area contributed by atoms with Crippen LogP contribution in [0.25, 0.3) is 0 Å². The Hall–Kier alpha value is -0.760. The average Bonchev–Trinajstić information content (AvgIpc) is 2.34. The van der Waals surface area contributed by atoms with Crippen molar-refractivity contribution >= 4 is 34.8 Å². The fourth-order valence-electron chi connectivity index (χ4n) is 1.76. The van der Waals surface area contributed by atoms with Gasteiger partial charge in [-0.25, -0.2) is 4.39 Å². The predicted octanol–water partition coefficient (Wildman–Crippen LogP) is 5.77. The molecule has 0 aromatic heterocycles. The van der Waals surface area contributed by atoms with E-state index >= 15 is 0 Å². The summed E-state index contributed by atoms with van der Waals surface area (Å²) < 4.78 is 13.3. The van der Waals surface area contributed by atoms with E-state index in [4.69, 9.17) is 34.8 Å². The predicted molar refractivity (Wildman–Crippen MR) is 75.3 cm³/mol. The van der Waals surface area contributed by atoms with Gasteiger partial charge in [-0.15, -0.1) is 11.6 Å². The molecule has 4 heteroatoms. The molecule has 2 aromatic carbocycles. The molecular weight excluding hydrogens is 294 g/mol. The van der Waals surface area contributed by atoms with Gasteiger partial charge >= 0.3 is 0 Å². The minimum Gasteiger partial charge on any atom is -0.207 e. The number of aryl methyl sites for hydroxylation is 1. The molecule has 0 nitrogen and oxygen atoms in total. The van der Waals surface area contributed by atoms with Gasteiger partial charge in [-0.05, 0) is 53.9 Å². The van der Waals surface area contributed by atoms with Gasteiger partial charge in [0.15, 0.2) is 0 Å². The summed E-state index contributed by atoms with van der Waals surface area (Å²) in [5.74, 6) is -0.320. The third-order valence-electron chi connectivity index (χ3n) is 2.75. The monoisotopic (exact) mass is 302 g/mol. The highest BCUT2D eigenvalue weighted by atomic mass is 35.5. The highest BCUT2D eigenvalue weighted by Gasteiger charge is 2.17. The van der Waals surface area contributed by atoms with Crippen LogP contribution in [0.2, 0.25) is 10.0 Å². The quantitative estimate of drug-likeness (QED) is 0.618. The molecule has 0 aliphatic rings. The summed E-state index contributed by atoms with van der Waals surface area (Å²) in [5, 5.41) is 0.545. The molecule has 0 saturated heterocycles. The number of halogens is 4. The van der Waals surface area contributed by atoms with E-state index in [-0.39, 0.29) is 5.82 Å². The van der Waals surface area contributed by atoms with Crippen LogP contribution in [0, 0.1) is 12.7 Å². The van der Waals surface area contributed by atoms with Gasteiger partial charge in [0.2, 0.25) is 0 Å². The SMILES string of the molecule is Cc1ccc(F)cc1C(Cl)c1cc(Cl)ccc1Cl. The minimum atomic E-state index is -0.521. The lowest BCUT2D eigenvalue weighted by Crippen LogP contribution is -1.98. The molecule has 0 bridgehead atoms. The van der Waals surface area contributed by atoms with Crippen LogP contribution in [0.5, 0.6) is 0 Å². The molecular formula is C14H10Cl3F. The Morgan fingerprint density at radius 1 is 1.00 bits per heavy atom. The van der Waals surface area contributed by atoms with Gasteiger partial charge in [0, 0.05) is 10.0 Å². The first-order chi connectivity index (χ1) is 8.49. The molecule has 1 unspecified atom stereocenters. The lowest BCUT2D eigenvalue weighted by Gasteiger charge is -2.15. The highest BCUT2D eigenvalue weighted by molar-refractivity contribution is 6.35. The lowest BCUT2D eigenvalue weighted by molar-refractivity contribution is 0.625. The zero-order valence-electron chi connectivity index (χ0n) is 9.55. The van der Waals surface area contributed by atoms with Gasteiger partial charge in [0.05, 0.1) is 5.38 Å². The van der Waals surface area contributed by atoms with Crippen molar-refractivity contribution in [3.05, 3.63) is 69.0 Å². The van der Waals surface area contributed by atoms with Gasteiger partial charge in [-0.2, -0.15) is 0 Å². The Morgan fingerprint density at radius 2 is 1.72 bits per heavy atom. The molecule has 0 spiro atoms. The van der Waals surface area contributed by atoms with Crippen LogP contribution in [-0.2, 0) is 0 Å². The third kappa shape index (κ3) is 2.80. The standard InChI is InChI=1S/C14H10Cl3F/c1-8-2-4-10(18)7-11(8)14(17)12-6-9(15)3-5-13(12)16/h2-7,14H,1H3. The first-order valence-electron chi connectivity index (χ1n) is 5.34. The van der Waals surface area contributed by atoms with E-state index in [0.717, 1.165) is 5.56 Å². The van der Waals surface area contributed by atoms with Gasteiger partial charge < -0.3 is 0 Å². The fraction of sp³-hybridized carbons (Fsp3) is 0.143. The zero-order chi connectivity index (χ0) is 13.3. The number of hydrogen-bond acceptors (Lipinski definition) is 0. The van der Waals surface area contributed by atoms with Crippen molar-refractivity contribution in [3.63, 3.8) is 0 Å². The van der Waals surface area contributed by atoms with Gasteiger partial charge in [-0.1, -0.05) is 29.3 Å². The van der Waals surface area contributed by atoms with E-state index in [0.29, 0.717) is 21.2 Å². The highest BCUT2D eigenvalue weighted by Crippen LogP contribution is 2.36. The van der Waals surface area contributed by atoms with Crippen LogP contribution in [0.4, 0.5) is 4.39 Å². The second-order valence-electron chi connectivity index (χ2n) is 4.03. The van der Waals surface area contributed by atoms with Crippen molar-refractivity contribution < 1.29 is 4.39 Å². The maximum absolute atomic E-state index is 13.3. The van der Waals surface area contributed by atoms with E-state index in [9.17, 15) is 4.39 Å². The Kier molecular flexibility index (Phi) is 4.16. The van der Waals surface area contributed by atoms with Crippen LogP contribution in [0.15, 0.2) is 36.4 Å². The molecule has 0 amide bonds. The maximum atomic E-state index is 13.3. The Labute approximate surface area is 120 Å². The molecule has 0 aliphatic carbocycles. The van der Waals surface area contributed by atoms with Crippen LogP contribution < -0.4 is 0 Å². The second kappa shape index (κ2) is 5.48. The number of alkyl halides is 1. The van der Waals surface area contributed by atoms with Gasteiger partial charge in [0.1, 0.15) is 5.82 Å². The molecule has 2 rings (SSSR count). The number of hydrogen-bond donors (Lipinski definition) is 0. The molecule has 0 N–H and O–H groups in total.